The summed E-state index contributed by atoms with van der Waals surface area (Å²) >= 11 is 5.50. The van der Waals surface area contributed by atoms with Crippen LogP contribution >= 0.6 is 11.6 Å². The van der Waals surface area contributed by atoms with Crippen molar-refractivity contribution in [3.63, 3.8) is 0 Å². The maximum atomic E-state index is 13.1. The molecule has 1 atom stereocenters. The van der Waals surface area contributed by atoms with Crippen molar-refractivity contribution in [2.75, 3.05) is 0 Å². The van der Waals surface area contributed by atoms with Gasteiger partial charge in [0.2, 0.25) is 0 Å². The lowest BCUT2D eigenvalue weighted by Crippen LogP contribution is -2.27. The number of hydrogen-bond acceptors (Lipinski definition) is 2. The van der Waals surface area contributed by atoms with Gasteiger partial charge in [-0.3, -0.25) is 0 Å². The molecule has 0 spiro atoms. The fourth-order valence-electron chi connectivity index (χ4n) is 2.02. The zero-order valence-corrected chi connectivity index (χ0v) is 11.6. The van der Waals surface area contributed by atoms with Gasteiger partial charge in [0.25, 0.3) is 0 Å². The van der Waals surface area contributed by atoms with Gasteiger partial charge >= 0.3 is 12.4 Å². The van der Waals surface area contributed by atoms with E-state index in [1.165, 1.54) is 12.1 Å². The lowest BCUT2D eigenvalue weighted by molar-refractivity contribution is -0.165. The van der Waals surface area contributed by atoms with E-state index in [-0.39, 0.29) is 11.6 Å². The molecule has 0 saturated heterocycles. The molecule has 0 fully saturated rings. The van der Waals surface area contributed by atoms with Gasteiger partial charge in [-0.2, -0.15) is 36.5 Å². The molecule has 0 aliphatic heterocycles. The summed E-state index contributed by atoms with van der Waals surface area (Å²) in [7, 11) is 0. The Bertz CT molecular complexity index is 600. The zero-order valence-electron chi connectivity index (χ0n) is 10.8. The Hall–Kier alpha value is -1.57. The van der Waals surface area contributed by atoms with Crippen molar-refractivity contribution in [3.8, 4) is 0 Å². The van der Waals surface area contributed by atoms with Crippen LogP contribution in [-0.4, -0.2) is 22.5 Å². The second kappa shape index (κ2) is 5.91. The molecule has 1 aliphatic carbocycles. The molecule has 2 nitrogen and oxygen atoms in total. The molecule has 0 radical (unpaired) electrons. The Morgan fingerprint density at radius 2 is 1.77 bits per heavy atom. The summed E-state index contributed by atoms with van der Waals surface area (Å²) in [6, 6.07) is 2.63. The predicted octanol–water partition coefficient (Wildman–Crippen LogP) is 4.67. The van der Waals surface area contributed by atoms with Gasteiger partial charge < -0.3 is 0 Å². The molecule has 120 valence electrons. The molecular formula is C13H9ClF6N2. The van der Waals surface area contributed by atoms with Crippen LogP contribution in [0.1, 0.15) is 17.8 Å². The topological polar surface area (TPSA) is 25.8 Å². The second-order valence-electron chi connectivity index (χ2n) is 4.64. The average Bonchev–Trinajstić information content (AvgIpc) is 2.45. The minimum atomic E-state index is -4.88. The molecule has 0 bridgehead atoms. The average molecular weight is 343 g/mol. The minimum Gasteiger partial charge on any atom is -0.170 e. The molecule has 1 aliphatic rings. The Labute approximate surface area is 126 Å². The van der Waals surface area contributed by atoms with Crippen molar-refractivity contribution in [1.82, 2.24) is 10.2 Å². The fraction of sp³-hybridized carbons (Fsp3) is 0.385. The van der Waals surface area contributed by atoms with Crippen molar-refractivity contribution in [2.24, 2.45) is 5.92 Å². The van der Waals surface area contributed by atoms with Gasteiger partial charge in [0.15, 0.2) is 0 Å². The van der Waals surface area contributed by atoms with Crippen LogP contribution in [0, 0.1) is 5.92 Å². The summed E-state index contributed by atoms with van der Waals surface area (Å²) in [4.78, 5) is 0. The van der Waals surface area contributed by atoms with Gasteiger partial charge in [-0.05, 0) is 18.6 Å². The Morgan fingerprint density at radius 1 is 1.09 bits per heavy atom. The highest BCUT2D eigenvalue weighted by molar-refractivity contribution is 6.16. The third kappa shape index (κ3) is 3.60. The van der Waals surface area contributed by atoms with Gasteiger partial charge in [-0.15, -0.1) is 11.6 Å². The molecule has 0 amide bonds. The van der Waals surface area contributed by atoms with Crippen LogP contribution in [0.3, 0.4) is 0 Å². The smallest absolute Gasteiger partial charge is 0.170 e. The van der Waals surface area contributed by atoms with E-state index < -0.39 is 35.8 Å². The van der Waals surface area contributed by atoms with Crippen LogP contribution in [0.25, 0.3) is 5.57 Å². The molecular weight excluding hydrogens is 334 g/mol. The number of halogens is 7. The molecule has 1 aromatic rings. The van der Waals surface area contributed by atoms with E-state index in [1.54, 1.807) is 0 Å². The van der Waals surface area contributed by atoms with Crippen LogP contribution in [-0.2, 0) is 5.88 Å². The van der Waals surface area contributed by atoms with Crippen LogP contribution in [0.5, 0.6) is 0 Å². The lowest BCUT2D eigenvalue weighted by atomic mass is 9.87. The maximum absolute atomic E-state index is 13.1. The van der Waals surface area contributed by atoms with Crippen molar-refractivity contribution >= 4 is 17.2 Å². The number of nitrogens with zero attached hydrogens (tertiary/aromatic N) is 2. The second-order valence-corrected chi connectivity index (χ2v) is 4.91. The standard InChI is InChI=1S/C13H9ClF6N2/c14-6-8-2-4-11(22-21-8)9-3-1-7(12(15,16)17)5-10(9)13(18,19)20/h1-4,7H,5-6H2. The van der Waals surface area contributed by atoms with E-state index in [2.05, 4.69) is 10.2 Å². The number of alkyl halides is 7. The molecule has 1 unspecified atom stereocenters. The highest BCUT2D eigenvalue weighted by Gasteiger charge is 2.46. The number of hydrogen-bond donors (Lipinski definition) is 0. The summed E-state index contributed by atoms with van der Waals surface area (Å²) in [5.74, 6) is -2.13. The van der Waals surface area contributed by atoms with Gasteiger partial charge in [-0.25, -0.2) is 0 Å². The first-order valence-electron chi connectivity index (χ1n) is 6.07. The van der Waals surface area contributed by atoms with E-state index in [1.807, 2.05) is 0 Å². The van der Waals surface area contributed by atoms with Gasteiger partial charge in [0, 0.05) is 11.1 Å². The first kappa shape index (κ1) is 16.8. The Balaban J connectivity index is 2.45. The van der Waals surface area contributed by atoms with Crippen molar-refractivity contribution in [3.05, 3.63) is 41.2 Å². The molecule has 9 heteroatoms. The molecule has 0 saturated carbocycles. The lowest BCUT2D eigenvalue weighted by Gasteiger charge is -2.25. The number of allylic oxidation sites excluding steroid dienone is 4. The zero-order chi connectivity index (χ0) is 16.5. The van der Waals surface area contributed by atoms with E-state index in [0.717, 1.165) is 6.08 Å². The van der Waals surface area contributed by atoms with Crippen molar-refractivity contribution in [1.29, 1.82) is 0 Å². The van der Waals surface area contributed by atoms with E-state index in [9.17, 15) is 26.3 Å². The predicted molar refractivity (Wildman–Crippen MR) is 67.9 cm³/mol. The van der Waals surface area contributed by atoms with Crippen LogP contribution in [0.4, 0.5) is 26.3 Å². The first-order chi connectivity index (χ1) is 10.1. The van der Waals surface area contributed by atoms with Crippen molar-refractivity contribution < 1.29 is 26.3 Å². The Morgan fingerprint density at radius 3 is 2.23 bits per heavy atom. The Kier molecular flexibility index (Phi) is 4.51. The molecule has 0 aromatic carbocycles. The van der Waals surface area contributed by atoms with E-state index >= 15 is 0 Å². The van der Waals surface area contributed by atoms with E-state index in [4.69, 9.17) is 11.6 Å². The van der Waals surface area contributed by atoms with Gasteiger partial charge in [0.05, 0.1) is 23.2 Å². The largest absolute Gasteiger partial charge is 0.413 e. The number of aromatic nitrogens is 2. The molecule has 22 heavy (non-hydrogen) atoms. The summed E-state index contributed by atoms with van der Waals surface area (Å²) in [5, 5.41) is 7.22. The third-order valence-corrected chi connectivity index (χ3v) is 3.41. The third-order valence-electron chi connectivity index (χ3n) is 3.14. The van der Waals surface area contributed by atoms with Gasteiger partial charge in [0.1, 0.15) is 0 Å². The van der Waals surface area contributed by atoms with Crippen LogP contribution in [0.15, 0.2) is 29.9 Å². The van der Waals surface area contributed by atoms with Crippen molar-refractivity contribution in [2.45, 2.75) is 24.7 Å². The molecule has 1 heterocycles. The highest BCUT2D eigenvalue weighted by Crippen LogP contribution is 2.44. The normalized spacial score (nSPS) is 19.7. The summed E-state index contributed by atoms with van der Waals surface area (Å²) in [5.41, 5.74) is -1.45. The first-order valence-corrected chi connectivity index (χ1v) is 6.60. The monoisotopic (exact) mass is 342 g/mol. The fourth-order valence-corrected chi connectivity index (χ4v) is 2.16. The molecule has 2 rings (SSSR count). The van der Waals surface area contributed by atoms with Gasteiger partial charge in [-0.1, -0.05) is 12.2 Å². The highest BCUT2D eigenvalue weighted by atomic mass is 35.5. The minimum absolute atomic E-state index is 0.0322. The van der Waals surface area contributed by atoms with E-state index in [0.29, 0.717) is 11.8 Å². The SMILES string of the molecule is FC(F)(F)C1=C(c2ccc(CCl)nn2)C=CC(C(F)(F)F)C1. The summed E-state index contributed by atoms with van der Waals surface area (Å²) < 4.78 is 77.1. The number of rotatable bonds is 2. The van der Waals surface area contributed by atoms with Crippen LogP contribution < -0.4 is 0 Å². The molecule has 1 aromatic heterocycles. The quantitative estimate of drug-likeness (QED) is 0.576. The maximum Gasteiger partial charge on any atom is 0.413 e. The summed E-state index contributed by atoms with van der Waals surface area (Å²) in [6.07, 6.45) is -9.27. The molecule has 0 N–H and O–H groups in total. The van der Waals surface area contributed by atoms with Crippen LogP contribution in [0.2, 0.25) is 0 Å². The summed E-state index contributed by atoms with van der Waals surface area (Å²) in [6.45, 7) is 0.